The molecule has 1 saturated carbocycles. The van der Waals surface area contributed by atoms with Crippen LogP contribution in [0.4, 0.5) is 18.9 Å². The van der Waals surface area contributed by atoms with E-state index in [9.17, 15) is 18.0 Å². The van der Waals surface area contributed by atoms with Gasteiger partial charge in [-0.15, -0.1) is 0 Å². The van der Waals surface area contributed by atoms with Gasteiger partial charge in [0.1, 0.15) is 0 Å². The Morgan fingerprint density at radius 3 is 2.08 bits per heavy atom. The summed E-state index contributed by atoms with van der Waals surface area (Å²) >= 11 is 0. The second kappa shape index (κ2) is 12.0. The van der Waals surface area contributed by atoms with E-state index in [0.717, 1.165) is 23.1 Å². The maximum absolute atomic E-state index is 13.2. The third kappa shape index (κ3) is 7.03. The summed E-state index contributed by atoms with van der Waals surface area (Å²) in [6, 6.07) is 19.7. The maximum atomic E-state index is 13.2. The minimum Gasteiger partial charge on any atom is -0.322 e. The molecule has 0 radical (unpaired) electrons. The van der Waals surface area contributed by atoms with E-state index in [0.29, 0.717) is 11.5 Å². The van der Waals surface area contributed by atoms with Crippen LogP contribution in [-0.4, -0.2) is 5.91 Å². The largest absolute Gasteiger partial charge is 0.416 e. The number of anilines is 1. The van der Waals surface area contributed by atoms with Crippen LogP contribution in [0, 0.1) is 12.8 Å². The standard InChI is InChI=1S/C32H36F3NO/c1-3-4-5-6-23-8-10-24(11-9-23)25-12-14-26(15-13-25)27-16-18-28(19-17-27)31(37)36-29-20-7-22(2)30(21-29)32(33,34)35/h7,12-21,23-24H,3-6,8-11H2,1-2H3,(H,36,37). The Balaban J connectivity index is 1.35. The number of aryl methyl sites for hydroxylation is 1. The zero-order chi connectivity index (χ0) is 26.4. The molecule has 0 atom stereocenters. The lowest BCUT2D eigenvalue weighted by Gasteiger charge is -2.29. The molecule has 3 aromatic carbocycles. The Labute approximate surface area is 218 Å². The topological polar surface area (TPSA) is 29.1 Å². The van der Waals surface area contributed by atoms with Gasteiger partial charge in [0.2, 0.25) is 0 Å². The zero-order valence-electron chi connectivity index (χ0n) is 21.7. The highest BCUT2D eigenvalue weighted by molar-refractivity contribution is 6.04. The number of carbonyl (C=O) groups is 1. The van der Waals surface area contributed by atoms with Gasteiger partial charge in [0.05, 0.1) is 5.56 Å². The average molecular weight is 508 g/mol. The summed E-state index contributed by atoms with van der Waals surface area (Å²) in [5.74, 6) is 1.10. The summed E-state index contributed by atoms with van der Waals surface area (Å²) < 4.78 is 39.5. The van der Waals surface area contributed by atoms with Gasteiger partial charge in [-0.25, -0.2) is 0 Å². The third-order valence-corrected chi connectivity index (χ3v) is 7.73. The molecule has 1 aliphatic carbocycles. The van der Waals surface area contributed by atoms with Gasteiger partial charge in [-0.05, 0) is 91.0 Å². The van der Waals surface area contributed by atoms with E-state index in [4.69, 9.17) is 0 Å². The van der Waals surface area contributed by atoms with E-state index in [1.807, 2.05) is 12.1 Å². The lowest BCUT2D eigenvalue weighted by molar-refractivity contribution is -0.138. The van der Waals surface area contributed by atoms with Gasteiger partial charge in [0, 0.05) is 11.3 Å². The highest BCUT2D eigenvalue weighted by atomic mass is 19.4. The van der Waals surface area contributed by atoms with Gasteiger partial charge in [-0.2, -0.15) is 13.2 Å². The van der Waals surface area contributed by atoms with Crippen LogP contribution in [0.5, 0.6) is 0 Å². The molecule has 0 unspecified atom stereocenters. The molecule has 3 aromatic rings. The number of hydrogen-bond donors (Lipinski definition) is 1. The Hall–Kier alpha value is -3.08. The molecule has 0 bridgehead atoms. The molecule has 1 fully saturated rings. The summed E-state index contributed by atoms with van der Waals surface area (Å²) in [4.78, 5) is 12.6. The second-order valence-electron chi connectivity index (χ2n) is 10.4. The summed E-state index contributed by atoms with van der Waals surface area (Å²) in [5.41, 5.74) is 3.38. The fourth-order valence-corrected chi connectivity index (χ4v) is 5.44. The zero-order valence-corrected chi connectivity index (χ0v) is 21.7. The molecular weight excluding hydrogens is 471 g/mol. The predicted octanol–water partition coefficient (Wildman–Crippen LogP) is 9.79. The van der Waals surface area contributed by atoms with Crippen LogP contribution >= 0.6 is 0 Å². The van der Waals surface area contributed by atoms with E-state index < -0.39 is 17.6 Å². The lowest BCUT2D eigenvalue weighted by Crippen LogP contribution is -2.14. The molecular formula is C32H36F3NO. The van der Waals surface area contributed by atoms with Crippen molar-refractivity contribution in [1.82, 2.24) is 0 Å². The first-order valence-electron chi connectivity index (χ1n) is 13.4. The predicted molar refractivity (Wildman–Crippen MR) is 145 cm³/mol. The smallest absolute Gasteiger partial charge is 0.322 e. The Morgan fingerprint density at radius 2 is 1.49 bits per heavy atom. The third-order valence-electron chi connectivity index (χ3n) is 7.73. The monoisotopic (exact) mass is 507 g/mol. The van der Waals surface area contributed by atoms with E-state index in [1.165, 1.54) is 76.0 Å². The molecule has 0 heterocycles. The molecule has 196 valence electrons. The van der Waals surface area contributed by atoms with Crippen LogP contribution in [0.1, 0.15) is 91.3 Å². The molecule has 37 heavy (non-hydrogen) atoms. The Morgan fingerprint density at radius 1 is 0.865 bits per heavy atom. The van der Waals surface area contributed by atoms with Crippen molar-refractivity contribution in [1.29, 1.82) is 0 Å². The van der Waals surface area contributed by atoms with Crippen LogP contribution in [0.3, 0.4) is 0 Å². The summed E-state index contributed by atoms with van der Waals surface area (Å²) in [7, 11) is 0. The SMILES string of the molecule is CCCCCC1CCC(c2ccc(-c3ccc(C(=O)Nc4ccc(C)c(C(F)(F)F)c4)cc3)cc2)CC1. The lowest BCUT2D eigenvalue weighted by atomic mass is 9.77. The number of rotatable bonds is 8. The summed E-state index contributed by atoms with van der Waals surface area (Å²) in [5, 5.41) is 2.58. The number of unbranched alkanes of at least 4 members (excludes halogenated alkanes) is 2. The molecule has 4 rings (SSSR count). The van der Waals surface area contributed by atoms with Crippen molar-refractivity contribution in [2.75, 3.05) is 5.32 Å². The summed E-state index contributed by atoms with van der Waals surface area (Å²) in [6.07, 6.45) is 6.13. The van der Waals surface area contributed by atoms with Crippen molar-refractivity contribution in [3.05, 3.63) is 89.0 Å². The Bertz CT molecular complexity index is 1170. The van der Waals surface area contributed by atoms with Crippen molar-refractivity contribution in [2.24, 2.45) is 5.92 Å². The first-order valence-corrected chi connectivity index (χ1v) is 13.4. The quantitative estimate of drug-likeness (QED) is 0.302. The van der Waals surface area contributed by atoms with E-state index in [1.54, 1.807) is 12.1 Å². The number of alkyl halides is 3. The minimum absolute atomic E-state index is 0.121. The fourth-order valence-electron chi connectivity index (χ4n) is 5.44. The molecule has 1 amide bonds. The van der Waals surface area contributed by atoms with Gasteiger partial charge >= 0.3 is 6.18 Å². The Kier molecular flexibility index (Phi) is 8.73. The highest BCUT2D eigenvalue weighted by Crippen LogP contribution is 2.38. The molecule has 2 nitrogen and oxygen atoms in total. The number of hydrogen-bond acceptors (Lipinski definition) is 1. The molecule has 0 aliphatic heterocycles. The van der Waals surface area contributed by atoms with Crippen molar-refractivity contribution in [3.63, 3.8) is 0 Å². The van der Waals surface area contributed by atoms with E-state index in [-0.39, 0.29) is 11.3 Å². The van der Waals surface area contributed by atoms with Gasteiger partial charge < -0.3 is 5.32 Å². The normalized spacial score (nSPS) is 18.0. The molecule has 1 aliphatic rings. The van der Waals surface area contributed by atoms with Crippen molar-refractivity contribution >= 4 is 11.6 Å². The van der Waals surface area contributed by atoms with Crippen LogP contribution in [0.15, 0.2) is 66.7 Å². The van der Waals surface area contributed by atoms with Crippen molar-refractivity contribution in [3.8, 4) is 11.1 Å². The first-order chi connectivity index (χ1) is 17.7. The van der Waals surface area contributed by atoms with Crippen molar-refractivity contribution < 1.29 is 18.0 Å². The number of nitrogens with one attached hydrogen (secondary N) is 1. The molecule has 1 N–H and O–H groups in total. The van der Waals surface area contributed by atoms with Crippen LogP contribution in [0.2, 0.25) is 0 Å². The molecule has 0 saturated heterocycles. The molecule has 5 heteroatoms. The molecule has 0 spiro atoms. The molecule has 0 aromatic heterocycles. The van der Waals surface area contributed by atoms with E-state index >= 15 is 0 Å². The summed E-state index contributed by atoms with van der Waals surface area (Å²) in [6.45, 7) is 3.66. The number of amides is 1. The minimum atomic E-state index is -4.46. The number of halogens is 3. The van der Waals surface area contributed by atoms with Gasteiger partial charge in [-0.1, -0.05) is 75.1 Å². The second-order valence-corrected chi connectivity index (χ2v) is 10.4. The van der Waals surface area contributed by atoms with Gasteiger partial charge in [-0.3, -0.25) is 4.79 Å². The fraction of sp³-hybridized carbons (Fsp3) is 0.406. The average Bonchev–Trinajstić information content (AvgIpc) is 2.90. The van der Waals surface area contributed by atoms with Gasteiger partial charge in [0.15, 0.2) is 0 Å². The first kappa shape index (κ1) is 27.0. The van der Waals surface area contributed by atoms with Gasteiger partial charge in [0.25, 0.3) is 5.91 Å². The number of carbonyl (C=O) groups excluding carboxylic acids is 1. The number of benzene rings is 3. The van der Waals surface area contributed by atoms with E-state index in [2.05, 4.69) is 36.5 Å². The van der Waals surface area contributed by atoms with Crippen LogP contribution in [-0.2, 0) is 6.18 Å². The maximum Gasteiger partial charge on any atom is 0.416 e. The highest BCUT2D eigenvalue weighted by Gasteiger charge is 2.32. The van der Waals surface area contributed by atoms with Crippen molar-refractivity contribution in [2.45, 2.75) is 77.3 Å². The van der Waals surface area contributed by atoms with Crippen LogP contribution < -0.4 is 5.32 Å². The van der Waals surface area contributed by atoms with Crippen LogP contribution in [0.25, 0.3) is 11.1 Å².